The number of rotatable bonds is 2. The normalized spacial score (nSPS) is 10.8. The molecule has 2 N–H and O–H groups in total. The molecule has 0 radical (unpaired) electrons. The number of halogens is 2. The second-order valence-electron chi connectivity index (χ2n) is 3.70. The molecule has 2 heterocycles. The highest BCUT2D eigenvalue weighted by Crippen LogP contribution is 2.27. The molecular weight excluding hydrogens is 255 g/mol. The average molecular weight is 263 g/mol. The van der Waals surface area contributed by atoms with Gasteiger partial charge in [0, 0.05) is 6.20 Å². The van der Waals surface area contributed by atoms with Gasteiger partial charge in [0.05, 0.1) is 16.2 Å². The van der Waals surface area contributed by atoms with E-state index in [1.54, 1.807) is 24.4 Å². The summed E-state index contributed by atoms with van der Waals surface area (Å²) in [6.45, 7) is 0. The van der Waals surface area contributed by atoms with Crippen molar-refractivity contribution < 1.29 is 4.39 Å². The van der Waals surface area contributed by atoms with Crippen LogP contribution in [0.25, 0.3) is 11.0 Å². The second kappa shape index (κ2) is 4.27. The Balaban J connectivity index is 2.04. The maximum absolute atomic E-state index is 13.7. The lowest BCUT2D eigenvalue weighted by Gasteiger charge is -2.05. The molecule has 0 bridgehead atoms. The van der Waals surface area contributed by atoms with E-state index >= 15 is 0 Å². The smallest absolute Gasteiger partial charge is 0.178 e. The van der Waals surface area contributed by atoms with Crippen molar-refractivity contribution in [2.45, 2.75) is 0 Å². The lowest BCUT2D eigenvalue weighted by atomic mass is 10.3. The van der Waals surface area contributed by atoms with Gasteiger partial charge in [0.25, 0.3) is 0 Å². The van der Waals surface area contributed by atoms with Crippen LogP contribution in [-0.4, -0.2) is 15.2 Å². The van der Waals surface area contributed by atoms with Gasteiger partial charge < -0.3 is 5.32 Å². The molecule has 18 heavy (non-hydrogen) atoms. The minimum atomic E-state index is -0.508. The molecule has 0 aliphatic carbocycles. The van der Waals surface area contributed by atoms with Crippen molar-refractivity contribution >= 4 is 34.1 Å². The molecule has 0 spiro atoms. The van der Waals surface area contributed by atoms with Crippen molar-refractivity contribution in [1.29, 1.82) is 0 Å². The molecule has 2 aromatic heterocycles. The first-order valence-corrected chi connectivity index (χ1v) is 5.63. The Hall–Kier alpha value is -2.14. The number of H-pyrrole nitrogens is 1. The summed E-state index contributed by atoms with van der Waals surface area (Å²) in [6, 6.07) is 8.38. The minimum absolute atomic E-state index is 0.0628. The van der Waals surface area contributed by atoms with Crippen LogP contribution in [0.15, 0.2) is 36.5 Å². The van der Waals surface area contributed by atoms with E-state index in [9.17, 15) is 4.39 Å². The summed E-state index contributed by atoms with van der Waals surface area (Å²) in [4.78, 5) is 4.18. The second-order valence-corrected chi connectivity index (χ2v) is 4.11. The Morgan fingerprint density at radius 1 is 1.22 bits per heavy atom. The van der Waals surface area contributed by atoms with E-state index in [4.69, 9.17) is 11.6 Å². The van der Waals surface area contributed by atoms with Crippen LogP contribution in [-0.2, 0) is 0 Å². The summed E-state index contributed by atoms with van der Waals surface area (Å²) in [5.74, 6) is -0.0435. The molecule has 0 fully saturated rings. The van der Waals surface area contributed by atoms with E-state index in [1.807, 2.05) is 6.07 Å². The molecule has 0 aliphatic heterocycles. The number of nitrogens with one attached hydrogen (secondary N) is 2. The first kappa shape index (κ1) is 11.0. The maximum Gasteiger partial charge on any atom is 0.178 e. The van der Waals surface area contributed by atoms with Crippen LogP contribution in [0, 0.1) is 5.82 Å². The Kier molecular flexibility index (Phi) is 2.60. The van der Waals surface area contributed by atoms with Crippen LogP contribution in [0.2, 0.25) is 5.02 Å². The topological polar surface area (TPSA) is 53.6 Å². The van der Waals surface area contributed by atoms with E-state index in [0.717, 1.165) is 5.52 Å². The summed E-state index contributed by atoms with van der Waals surface area (Å²) in [7, 11) is 0. The third-order valence-electron chi connectivity index (χ3n) is 2.52. The van der Waals surface area contributed by atoms with Crippen molar-refractivity contribution in [1.82, 2.24) is 15.2 Å². The molecule has 0 unspecified atom stereocenters. The van der Waals surface area contributed by atoms with E-state index in [2.05, 4.69) is 20.5 Å². The van der Waals surface area contributed by atoms with Gasteiger partial charge in [-0.3, -0.25) is 10.1 Å². The van der Waals surface area contributed by atoms with Gasteiger partial charge in [-0.05, 0) is 24.3 Å². The van der Waals surface area contributed by atoms with E-state index in [1.165, 1.54) is 6.07 Å². The van der Waals surface area contributed by atoms with Crippen LogP contribution in [0.1, 0.15) is 0 Å². The lowest BCUT2D eigenvalue weighted by molar-refractivity contribution is 0.632. The number of aromatic nitrogens is 3. The molecule has 0 amide bonds. The van der Waals surface area contributed by atoms with Crippen molar-refractivity contribution in [3.8, 4) is 0 Å². The molecule has 0 atom stereocenters. The first-order valence-electron chi connectivity index (χ1n) is 5.26. The molecule has 0 saturated heterocycles. The van der Waals surface area contributed by atoms with Gasteiger partial charge in [-0.15, -0.1) is 0 Å². The van der Waals surface area contributed by atoms with Gasteiger partial charge in [0.1, 0.15) is 5.52 Å². The Morgan fingerprint density at radius 3 is 3.00 bits per heavy atom. The zero-order valence-corrected chi connectivity index (χ0v) is 9.87. The maximum atomic E-state index is 13.7. The molecule has 0 aliphatic rings. The molecule has 1 aromatic carbocycles. The summed E-state index contributed by atoms with van der Waals surface area (Å²) in [6.07, 6.45) is 1.65. The van der Waals surface area contributed by atoms with Crippen LogP contribution in [0.3, 0.4) is 0 Å². The first-order chi connectivity index (χ1) is 8.75. The summed E-state index contributed by atoms with van der Waals surface area (Å²) < 4.78 is 13.7. The third kappa shape index (κ3) is 1.78. The monoisotopic (exact) mass is 262 g/mol. The molecule has 90 valence electrons. The van der Waals surface area contributed by atoms with E-state index < -0.39 is 5.82 Å². The highest BCUT2D eigenvalue weighted by Gasteiger charge is 2.10. The number of hydrogen-bond donors (Lipinski definition) is 2. The predicted molar refractivity (Wildman–Crippen MR) is 68.6 cm³/mol. The molecule has 3 rings (SSSR count). The van der Waals surface area contributed by atoms with E-state index in [0.29, 0.717) is 11.3 Å². The number of anilines is 2. The largest absolute Gasteiger partial charge is 0.334 e. The molecule has 3 aromatic rings. The van der Waals surface area contributed by atoms with Crippen molar-refractivity contribution in [3.05, 3.63) is 47.4 Å². The lowest BCUT2D eigenvalue weighted by Crippen LogP contribution is -1.95. The number of pyridine rings is 1. The quantitative estimate of drug-likeness (QED) is 0.743. The molecule has 6 heteroatoms. The van der Waals surface area contributed by atoms with E-state index in [-0.39, 0.29) is 10.7 Å². The summed E-state index contributed by atoms with van der Waals surface area (Å²) in [5, 5.41) is 9.80. The molecular formula is C12H8ClFN4. The molecule has 0 saturated carbocycles. The Morgan fingerprint density at radius 2 is 2.11 bits per heavy atom. The van der Waals surface area contributed by atoms with Gasteiger partial charge in [0.2, 0.25) is 0 Å². The Bertz CT molecular complexity index is 710. The fourth-order valence-corrected chi connectivity index (χ4v) is 1.84. The summed E-state index contributed by atoms with van der Waals surface area (Å²) >= 11 is 5.71. The number of fused-ring (bicyclic) bond motifs is 1. The zero-order chi connectivity index (χ0) is 12.5. The van der Waals surface area contributed by atoms with Crippen LogP contribution >= 0.6 is 11.6 Å². The SMILES string of the molecule is Fc1c(Cl)cccc1Nc1n[nH]c2cccnc12. The number of nitrogens with zero attached hydrogens (tertiary/aromatic N) is 2. The highest BCUT2D eigenvalue weighted by molar-refractivity contribution is 6.31. The number of aromatic amines is 1. The van der Waals surface area contributed by atoms with Gasteiger partial charge in [-0.1, -0.05) is 17.7 Å². The number of hydrogen-bond acceptors (Lipinski definition) is 3. The summed E-state index contributed by atoms with van der Waals surface area (Å²) in [5.41, 5.74) is 1.70. The fourth-order valence-electron chi connectivity index (χ4n) is 1.67. The van der Waals surface area contributed by atoms with Crippen molar-refractivity contribution in [3.63, 3.8) is 0 Å². The predicted octanol–water partition coefficient (Wildman–Crippen LogP) is 3.49. The fraction of sp³-hybridized carbons (Fsp3) is 0. The standard InChI is InChI=1S/C12H8ClFN4/c13-7-3-1-4-8(10(7)14)16-12-11-9(17-18-12)5-2-6-15-11/h1-6H,(H2,16,17,18). The van der Waals surface area contributed by atoms with Gasteiger partial charge >= 0.3 is 0 Å². The third-order valence-corrected chi connectivity index (χ3v) is 2.82. The van der Waals surface area contributed by atoms with Crippen LogP contribution in [0.5, 0.6) is 0 Å². The van der Waals surface area contributed by atoms with Crippen molar-refractivity contribution in [2.24, 2.45) is 0 Å². The van der Waals surface area contributed by atoms with Gasteiger partial charge in [-0.25, -0.2) is 4.39 Å². The van der Waals surface area contributed by atoms with Crippen LogP contribution in [0.4, 0.5) is 15.9 Å². The van der Waals surface area contributed by atoms with Crippen LogP contribution < -0.4 is 5.32 Å². The highest BCUT2D eigenvalue weighted by atomic mass is 35.5. The molecule has 4 nitrogen and oxygen atoms in total. The minimum Gasteiger partial charge on any atom is -0.334 e. The average Bonchev–Trinajstić information content (AvgIpc) is 2.79. The Labute approximate surface area is 107 Å². The number of benzene rings is 1. The van der Waals surface area contributed by atoms with Gasteiger partial charge in [-0.2, -0.15) is 5.10 Å². The van der Waals surface area contributed by atoms with Crippen molar-refractivity contribution in [2.75, 3.05) is 5.32 Å². The van der Waals surface area contributed by atoms with Gasteiger partial charge in [0.15, 0.2) is 11.6 Å². The zero-order valence-electron chi connectivity index (χ0n) is 9.11.